The van der Waals surface area contributed by atoms with Crippen molar-refractivity contribution in [1.29, 1.82) is 0 Å². The maximum absolute atomic E-state index is 11.8. The van der Waals surface area contributed by atoms with Gasteiger partial charge in [0.05, 0.1) is 5.01 Å². The molecule has 2 heterocycles. The molecule has 0 fully saturated rings. The number of hydrogen-bond acceptors (Lipinski definition) is 4. The number of rotatable bonds is 2. The molecule has 15 heavy (non-hydrogen) atoms. The minimum Gasteiger partial charge on any atom is -0.287 e. The van der Waals surface area contributed by atoms with E-state index < -0.39 is 0 Å². The molecule has 2 aromatic rings. The number of carbonyl (C=O) groups excluding carboxylic acids is 1. The second-order valence-corrected chi connectivity index (χ2v) is 4.40. The number of aromatic nitrogens is 2. The number of carbonyl (C=O) groups is 1. The molecule has 76 valence electrons. The molecule has 0 unspecified atom stereocenters. The van der Waals surface area contributed by atoms with Crippen molar-refractivity contribution in [2.24, 2.45) is 0 Å². The molecule has 0 aliphatic carbocycles. The topological polar surface area (TPSA) is 42.9 Å². The van der Waals surface area contributed by atoms with E-state index in [1.165, 1.54) is 17.5 Å². The number of ketones is 1. The fraction of sp³-hybridized carbons (Fsp3) is 0.100. The summed E-state index contributed by atoms with van der Waals surface area (Å²) in [4.78, 5) is 19.8. The van der Waals surface area contributed by atoms with Crippen LogP contribution in [-0.2, 0) is 0 Å². The first-order valence-corrected chi connectivity index (χ1v) is 5.51. The summed E-state index contributed by atoms with van der Waals surface area (Å²) >= 11 is 7.08. The molecular formula is C10H7ClN2OS. The van der Waals surface area contributed by atoms with E-state index in [0.717, 1.165) is 5.01 Å². The van der Waals surface area contributed by atoms with Gasteiger partial charge in [-0.2, -0.15) is 0 Å². The van der Waals surface area contributed by atoms with Crippen LogP contribution in [0.4, 0.5) is 0 Å². The summed E-state index contributed by atoms with van der Waals surface area (Å²) in [5.41, 5.74) is 0.964. The van der Waals surface area contributed by atoms with Crippen LogP contribution in [0.2, 0.25) is 5.15 Å². The van der Waals surface area contributed by atoms with Gasteiger partial charge in [-0.15, -0.1) is 11.3 Å². The van der Waals surface area contributed by atoms with Crippen molar-refractivity contribution < 1.29 is 4.79 Å². The van der Waals surface area contributed by atoms with Crippen LogP contribution in [-0.4, -0.2) is 15.8 Å². The Morgan fingerprint density at radius 2 is 2.27 bits per heavy atom. The highest BCUT2D eigenvalue weighted by Gasteiger charge is 2.12. The van der Waals surface area contributed by atoms with Crippen molar-refractivity contribution in [3.63, 3.8) is 0 Å². The summed E-state index contributed by atoms with van der Waals surface area (Å²) in [5, 5.41) is 2.99. The Morgan fingerprint density at radius 3 is 2.80 bits per heavy atom. The highest BCUT2D eigenvalue weighted by atomic mass is 35.5. The lowest BCUT2D eigenvalue weighted by Gasteiger charge is -1.96. The highest BCUT2D eigenvalue weighted by molar-refractivity contribution is 7.09. The van der Waals surface area contributed by atoms with E-state index in [1.54, 1.807) is 17.5 Å². The van der Waals surface area contributed by atoms with Gasteiger partial charge in [-0.05, 0) is 19.1 Å². The largest absolute Gasteiger partial charge is 0.287 e. The average molecular weight is 239 g/mol. The zero-order valence-electron chi connectivity index (χ0n) is 7.90. The predicted octanol–water partition coefficient (Wildman–Crippen LogP) is 2.73. The molecule has 0 radical (unpaired) electrons. The maximum Gasteiger partial charge on any atom is 0.213 e. The summed E-state index contributed by atoms with van der Waals surface area (Å²) in [6.45, 7) is 1.86. The quantitative estimate of drug-likeness (QED) is 0.597. The van der Waals surface area contributed by atoms with E-state index in [2.05, 4.69) is 9.97 Å². The van der Waals surface area contributed by atoms with Gasteiger partial charge in [-0.3, -0.25) is 4.79 Å². The van der Waals surface area contributed by atoms with Crippen LogP contribution in [0, 0.1) is 6.92 Å². The molecule has 0 amide bonds. The molecule has 3 nitrogen and oxygen atoms in total. The van der Waals surface area contributed by atoms with Crippen LogP contribution in [0.3, 0.4) is 0 Å². The van der Waals surface area contributed by atoms with Crippen LogP contribution < -0.4 is 0 Å². The Hall–Kier alpha value is -1.26. The standard InChI is InChI=1S/C10H7ClN2OS/c1-6-13-8(5-15-6)10(14)7-2-3-9(11)12-4-7/h2-5H,1H3. The van der Waals surface area contributed by atoms with Crippen LogP contribution in [0.1, 0.15) is 21.1 Å². The monoisotopic (exact) mass is 238 g/mol. The fourth-order valence-corrected chi connectivity index (χ4v) is 1.83. The molecule has 0 aromatic carbocycles. The molecule has 0 bridgehead atoms. The lowest BCUT2D eigenvalue weighted by atomic mass is 10.1. The number of hydrogen-bond donors (Lipinski definition) is 0. The summed E-state index contributed by atoms with van der Waals surface area (Å²) < 4.78 is 0. The highest BCUT2D eigenvalue weighted by Crippen LogP contribution is 2.13. The summed E-state index contributed by atoms with van der Waals surface area (Å²) in [6.07, 6.45) is 1.46. The van der Waals surface area contributed by atoms with Crippen LogP contribution in [0.15, 0.2) is 23.7 Å². The molecular weight excluding hydrogens is 232 g/mol. The van der Waals surface area contributed by atoms with Crippen molar-refractivity contribution in [1.82, 2.24) is 9.97 Å². The van der Waals surface area contributed by atoms with Gasteiger partial charge in [-0.25, -0.2) is 9.97 Å². The molecule has 0 saturated heterocycles. The van der Waals surface area contributed by atoms with E-state index >= 15 is 0 Å². The second kappa shape index (κ2) is 4.08. The van der Waals surface area contributed by atoms with E-state index in [0.29, 0.717) is 16.4 Å². The van der Waals surface area contributed by atoms with Crippen LogP contribution in [0.25, 0.3) is 0 Å². The Morgan fingerprint density at radius 1 is 1.47 bits per heavy atom. The number of pyridine rings is 1. The molecule has 0 aliphatic heterocycles. The first kappa shape index (κ1) is 10.3. The van der Waals surface area contributed by atoms with Gasteiger partial charge in [0.1, 0.15) is 10.8 Å². The third-order valence-corrected chi connectivity index (χ3v) is 2.84. The Bertz CT molecular complexity index is 492. The Balaban J connectivity index is 2.32. The first-order chi connectivity index (χ1) is 7.16. The van der Waals surface area contributed by atoms with E-state index in [9.17, 15) is 4.79 Å². The van der Waals surface area contributed by atoms with Gasteiger partial charge in [-0.1, -0.05) is 11.6 Å². The number of aryl methyl sites for hydroxylation is 1. The zero-order chi connectivity index (χ0) is 10.8. The predicted molar refractivity (Wildman–Crippen MR) is 59.5 cm³/mol. The first-order valence-electron chi connectivity index (χ1n) is 4.25. The second-order valence-electron chi connectivity index (χ2n) is 2.95. The van der Waals surface area contributed by atoms with Gasteiger partial charge < -0.3 is 0 Å². The zero-order valence-corrected chi connectivity index (χ0v) is 9.47. The van der Waals surface area contributed by atoms with Gasteiger partial charge in [0.2, 0.25) is 5.78 Å². The molecule has 0 spiro atoms. The van der Waals surface area contributed by atoms with Gasteiger partial charge in [0.25, 0.3) is 0 Å². The third-order valence-electron chi connectivity index (χ3n) is 1.84. The number of thiazole rings is 1. The van der Waals surface area contributed by atoms with Gasteiger partial charge >= 0.3 is 0 Å². The lowest BCUT2D eigenvalue weighted by Crippen LogP contribution is -2.02. The SMILES string of the molecule is Cc1nc(C(=O)c2ccc(Cl)nc2)cs1. The lowest BCUT2D eigenvalue weighted by molar-refractivity contribution is 0.103. The summed E-state index contributed by atoms with van der Waals surface area (Å²) in [7, 11) is 0. The van der Waals surface area contributed by atoms with E-state index in [1.807, 2.05) is 6.92 Å². The van der Waals surface area contributed by atoms with Crippen molar-refractivity contribution in [3.8, 4) is 0 Å². The van der Waals surface area contributed by atoms with Crippen molar-refractivity contribution in [2.45, 2.75) is 6.92 Å². The smallest absolute Gasteiger partial charge is 0.213 e. The molecule has 0 atom stereocenters. The van der Waals surface area contributed by atoms with Crippen molar-refractivity contribution >= 4 is 28.7 Å². The van der Waals surface area contributed by atoms with Crippen LogP contribution >= 0.6 is 22.9 Å². The van der Waals surface area contributed by atoms with Crippen molar-refractivity contribution in [2.75, 3.05) is 0 Å². The van der Waals surface area contributed by atoms with Crippen molar-refractivity contribution in [3.05, 3.63) is 45.1 Å². The van der Waals surface area contributed by atoms with E-state index in [-0.39, 0.29) is 5.78 Å². The maximum atomic E-state index is 11.8. The normalized spacial score (nSPS) is 10.3. The molecule has 0 N–H and O–H groups in total. The Kier molecular flexibility index (Phi) is 2.79. The average Bonchev–Trinajstić information content (AvgIpc) is 2.65. The summed E-state index contributed by atoms with van der Waals surface area (Å²) in [5.74, 6) is -0.122. The van der Waals surface area contributed by atoms with Crippen LogP contribution in [0.5, 0.6) is 0 Å². The third kappa shape index (κ3) is 2.22. The molecule has 2 aromatic heterocycles. The Labute approximate surface area is 95.8 Å². The molecule has 0 saturated carbocycles. The molecule has 5 heteroatoms. The molecule has 2 rings (SSSR count). The number of nitrogens with zero attached hydrogens (tertiary/aromatic N) is 2. The number of halogens is 1. The van der Waals surface area contributed by atoms with Gasteiger partial charge in [0.15, 0.2) is 0 Å². The molecule has 0 aliphatic rings. The summed E-state index contributed by atoms with van der Waals surface area (Å²) in [6, 6.07) is 3.24. The van der Waals surface area contributed by atoms with Gasteiger partial charge in [0, 0.05) is 17.1 Å². The fourth-order valence-electron chi connectivity index (χ4n) is 1.13. The van der Waals surface area contributed by atoms with E-state index in [4.69, 9.17) is 11.6 Å². The minimum atomic E-state index is -0.122. The minimum absolute atomic E-state index is 0.122.